The highest BCUT2D eigenvalue weighted by molar-refractivity contribution is 6.11. The summed E-state index contributed by atoms with van der Waals surface area (Å²) in [5.74, 6) is 3.17. The molecule has 10 rings (SSSR count). The largest absolute Gasteiger partial charge is 0.491 e. The first-order valence-electron chi connectivity index (χ1n) is 19.6. The van der Waals surface area contributed by atoms with E-state index in [1.165, 1.54) is 0 Å². The molecule has 1 fully saturated rings. The van der Waals surface area contributed by atoms with E-state index in [2.05, 4.69) is 146 Å². The monoisotopic (exact) mass is 738 g/mol. The number of ether oxygens (including phenoxy) is 6. The highest BCUT2D eigenvalue weighted by atomic mass is 16.6. The first-order chi connectivity index (χ1) is 27.8. The number of hydrogen-bond donors (Lipinski definition) is 0. The van der Waals surface area contributed by atoms with Crippen LogP contribution in [0.1, 0.15) is 12.8 Å². The molecule has 278 valence electrons. The molecule has 2 bridgehead atoms. The van der Waals surface area contributed by atoms with Gasteiger partial charge >= 0.3 is 0 Å². The average molecular weight is 739 g/mol. The van der Waals surface area contributed by atoms with E-state index < -0.39 is 0 Å². The predicted molar refractivity (Wildman–Crippen MR) is 224 cm³/mol. The van der Waals surface area contributed by atoms with Gasteiger partial charge in [-0.2, -0.15) is 0 Å². The Bertz CT molecular complexity index is 2520. The quantitative estimate of drug-likeness (QED) is 0.154. The Balaban J connectivity index is 1.03. The molecule has 0 amide bonds. The van der Waals surface area contributed by atoms with Gasteiger partial charge in [-0.05, 0) is 80.2 Å². The summed E-state index contributed by atoms with van der Waals surface area (Å²) in [6.45, 7) is 2.41. The van der Waals surface area contributed by atoms with Crippen LogP contribution in [-0.2, 0) is 9.47 Å². The number of hydrogen-bond acceptors (Lipinski definition) is 6. The van der Waals surface area contributed by atoms with Crippen LogP contribution in [0.15, 0.2) is 146 Å². The minimum Gasteiger partial charge on any atom is -0.491 e. The van der Waals surface area contributed by atoms with Crippen LogP contribution in [0.4, 0.5) is 0 Å². The number of rotatable bonds is 0. The van der Waals surface area contributed by atoms with Gasteiger partial charge in [0.25, 0.3) is 0 Å². The van der Waals surface area contributed by atoms with Gasteiger partial charge in [-0.3, -0.25) is 0 Å². The molecule has 0 N–H and O–H groups in total. The van der Waals surface area contributed by atoms with Gasteiger partial charge in [-0.1, -0.05) is 121 Å². The topological polar surface area (TPSA) is 55.4 Å². The summed E-state index contributed by atoms with van der Waals surface area (Å²) in [6, 6.07) is 50.6. The van der Waals surface area contributed by atoms with Gasteiger partial charge in [-0.25, -0.2) is 0 Å². The maximum Gasteiger partial charge on any atom is 0.128 e. The first kappa shape index (κ1) is 34.4. The van der Waals surface area contributed by atoms with Crippen molar-refractivity contribution in [3.63, 3.8) is 0 Å². The van der Waals surface area contributed by atoms with E-state index in [4.69, 9.17) is 28.4 Å². The van der Waals surface area contributed by atoms with E-state index in [-0.39, 0.29) is 12.2 Å². The predicted octanol–water partition coefficient (Wildman–Crippen LogP) is 11.4. The Morgan fingerprint density at radius 2 is 0.643 bits per heavy atom. The van der Waals surface area contributed by atoms with Crippen molar-refractivity contribution in [1.29, 1.82) is 0 Å². The smallest absolute Gasteiger partial charge is 0.128 e. The molecular formula is C50H42O6. The SMILES string of the molecule is c1ccc2c3c(ccc2c1)OCCOCCOc1ccc2ccccc2c1-c1c(ccc2ccccc12)OCC1CCC(COc2ccc4ccccc4c2-3)O1. The Kier molecular flexibility index (Phi) is 9.35. The van der Waals surface area contributed by atoms with E-state index in [0.29, 0.717) is 39.6 Å². The van der Waals surface area contributed by atoms with Crippen molar-refractivity contribution in [2.75, 3.05) is 39.6 Å². The van der Waals surface area contributed by atoms with Gasteiger partial charge in [0.2, 0.25) is 0 Å². The fourth-order valence-corrected chi connectivity index (χ4v) is 8.43. The zero-order valence-corrected chi connectivity index (χ0v) is 31.1. The lowest BCUT2D eigenvalue weighted by Crippen LogP contribution is -2.22. The molecule has 6 heteroatoms. The van der Waals surface area contributed by atoms with E-state index in [1.54, 1.807) is 0 Å². The third-order valence-electron chi connectivity index (χ3n) is 11.1. The molecular weight excluding hydrogens is 697 g/mol. The lowest BCUT2D eigenvalue weighted by molar-refractivity contribution is -0.00208. The summed E-state index contributed by atoms with van der Waals surface area (Å²) in [5, 5.41) is 8.94. The van der Waals surface area contributed by atoms with Crippen molar-refractivity contribution < 1.29 is 28.4 Å². The molecule has 2 aliphatic heterocycles. The second kappa shape index (κ2) is 15.2. The lowest BCUT2D eigenvalue weighted by atomic mass is 9.92. The number of benzene rings is 8. The van der Waals surface area contributed by atoms with E-state index >= 15 is 0 Å². The zero-order valence-electron chi connectivity index (χ0n) is 31.1. The molecule has 8 aromatic rings. The molecule has 2 heterocycles. The summed E-state index contributed by atoms with van der Waals surface area (Å²) in [7, 11) is 0. The molecule has 0 aliphatic carbocycles. The van der Waals surface area contributed by atoms with E-state index in [9.17, 15) is 0 Å². The Hall–Kier alpha value is -6.08. The maximum absolute atomic E-state index is 6.77. The van der Waals surface area contributed by atoms with Crippen LogP contribution in [0, 0.1) is 0 Å². The third kappa shape index (κ3) is 6.55. The fourth-order valence-electron chi connectivity index (χ4n) is 8.43. The van der Waals surface area contributed by atoms with Crippen LogP contribution in [-0.4, -0.2) is 51.8 Å². The molecule has 2 unspecified atom stereocenters. The lowest BCUT2D eigenvalue weighted by Gasteiger charge is -2.22. The molecule has 0 spiro atoms. The summed E-state index contributed by atoms with van der Waals surface area (Å²) in [5.41, 5.74) is 4.04. The van der Waals surface area contributed by atoms with Crippen molar-refractivity contribution in [3.8, 4) is 45.3 Å². The van der Waals surface area contributed by atoms with Crippen molar-refractivity contribution in [2.45, 2.75) is 25.0 Å². The van der Waals surface area contributed by atoms with Crippen LogP contribution in [0.5, 0.6) is 23.0 Å². The van der Waals surface area contributed by atoms with E-state index in [1.807, 2.05) is 0 Å². The minimum absolute atomic E-state index is 0.0738. The third-order valence-corrected chi connectivity index (χ3v) is 11.1. The second-order valence-electron chi connectivity index (χ2n) is 14.5. The van der Waals surface area contributed by atoms with Crippen LogP contribution in [0.25, 0.3) is 65.3 Å². The van der Waals surface area contributed by atoms with Crippen LogP contribution in [0.3, 0.4) is 0 Å². The average Bonchev–Trinajstić information content (AvgIpc) is 3.71. The number of fused-ring (bicyclic) bond motifs is 16. The van der Waals surface area contributed by atoms with Crippen molar-refractivity contribution in [2.24, 2.45) is 0 Å². The van der Waals surface area contributed by atoms with Crippen LogP contribution < -0.4 is 18.9 Å². The molecule has 6 nitrogen and oxygen atoms in total. The molecule has 8 aromatic carbocycles. The standard InChI is InChI=1S/C50H42O6/c1-5-13-39-33(9-1)17-23-43-47(39)49-41-15-7-3-11-35(41)19-25-45(49)54-31-37-21-22-38(56-37)32-55-46-26-20-36-12-4-8-16-42(36)50(46)48-40-14-6-2-10-34(40)18-24-44(48)53-30-28-51-27-29-52-43/h1-20,23-26,37-38H,21-22,27-32H2. The molecule has 0 aromatic heterocycles. The van der Waals surface area contributed by atoms with Gasteiger partial charge < -0.3 is 28.4 Å². The molecule has 2 atom stereocenters. The summed E-state index contributed by atoms with van der Waals surface area (Å²) >= 11 is 0. The summed E-state index contributed by atoms with van der Waals surface area (Å²) in [4.78, 5) is 0. The summed E-state index contributed by atoms with van der Waals surface area (Å²) < 4.78 is 39.5. The van der Waals surface area contributed by atoms with Gasteiger partial charge in [0.15, 0.2) is 0 Å². The van der Waals surface area contributed by atoms with Gasteiger partial charge in [0.05, 0.1) is 25.4 Å². The maximum atomic E-state index is 6.77. The van der Waals surface area contributed by atoms with Crippen LogP contribution >= 0.6 is 0 Å². The van der Waals surface area contributed by atoms with Crippen molar-refractivity contribution in [3.05, 3.63) is 146 Å². The molecule has 56 heavy (non-hydrogen) atoms. The summed E-state index contributed by atoms with van der Waals surface area (Å²) in [6.07, 6.45) is 1.61. The highest BCUT2D eigenvalue weighted by Crippen LogP contribution is 2.47. The zero-order chi connectivity index (χ0) is 37.3. The second-order valence-corrected chi connectivity index (χ2v) is 14.5. The van der Waals surface area contributed by atoms with Gasteiger partial charge in [-0.15, -0.1) is 0 Å². The first-order valence-corrected chi connectivity index (χ1v) is 19.6. The molecule has 2 aliphatic rings. The normalized spacial score (nSPS) is 17.9. The van der Waals surface area contributed by atoms with Crippen molar-refractivity contribution >= 4 is 43.1 Å². The highest BCUT2D eigenvalue weighted by Gasteiger charge is 2.28. The Morgan fingerprint density at radius 1 is 0.321 bits per heavy atom. The molecule has 0 saturated carbocycles. The van der Waals surface area contributed by atoms with Gasteiger partial charge in [0, 0.05) is 22.3 Å². The van der Waals surface area contributed by atoms with Gasteiger partial charge in [0.1, 0.15) is 49.4 Å². The molecule has 1 saturated heterocycles. The van der Waals surface area contributed by atoms with Crippen LogP contribution in [0.2, 0.25) is 0 Å². The molecule has 0 radical (unpaired) electrons. The Labute approximate surface area is 326 Å². The Morgan fingerprint density at radius 3 is 1.00 bits per heavy atom. The van der Waals surface area contributed by atoms with Crippen molar-refractivity contribution in [1.82, 2.24) is 0 Å². The minimum atomic E-state index is -0.0738. The van der Waals surface area contributed by atoms with E-state index in [0.717, 1.165) is 101 Å². The fraction of sp³-hybridized carbons (Fsp3) is 0.200.